The molecule has 1 aromatic carbocycles. The van der Waals surface area contributed by atoms with Crippen LogP contribution in [0.2, 0.25) is 0 Å². The predicted octanol–water partition coefficient (Wildman–Crippen LogP) is 2.37. The third kappa shape index (κ3) is 1.92. The van der Waals surface area contributed by atoms with Crippen molar-refractivity contribution >= 4 is 30.7 Å². The number of hydrogen-bond acceptors (Lipinski definition) is 1. The lowest BCUT2D eigenvalue weighted by atomic mass is 10.1. The van der Waals surface area contributed by atoms with Gasteiger partial charge in [0.1, 0.15) is 0 Å². The molecule has 1 heterocycles. The van der Waals surface area contributed by atoms with Gasteiger partial charge in [-0.2, -0.15) is 5.12 Å². The fraction of sp³-hybridized carbons (Fsp3) is 0.125. The highest BCUT2D eigenvalue weighted by molar-refractivity contribution is 5.97. The number of carbonyl (C=O) groups is 1. The van der Waals surface area contributed by atoms with Crippen LogP contribution in [-0.2, 0) is 6.54 Å². The van der Waals surface area contributed by atoms with Gasteiger partial charge in [-0.05, 0) is 11.6 Å². The van der Waals surface area contributed by atoms with Crippen molar-refractivity contribution in [2.45, 2.75) is 6.54 Å². The Morgan fingerprint density at radius 3 is 2.46 bits per heavy atom. The zero-order chi connectivity index (χ0) is 7.84. The van der Waals surface area contributed by atoms with E-state index < -0.39 is 5.91 Å². The van der Waals surface area contributed by atoms with E-state index in [0.717, 1.165) is 5.56 Å². The van der Waals surface area contributed by atoms with E-state index in [9.17, 15) is 9.28 Å². The normalized spacial score (nSPS) is 13.0. The summed E-state index contributed by atoms with van der Waals surface area (Å²) >= 11 is 0. The monoisotopic (exact) mass is 223 g/mol. The highest BCUT2D eigenvalue weighted by Gasteiger charge is 2.26. The van der Waals surface area contributed by atoms with Crippen LogP contribution in [0, 0.1) is 0 Å². The lowest BCUT2D eigenvalue weighted by Gasteiger charge is -1.97. The van der Waals surface area contributed by atoms with Crippen LogP contribution >= 0.6 is 24.8 Å². The van der Waals surface area contributed by atoms with Crippen molar-refractivity contribution in [1.82, 2.24) is 5.12 Å². The Morgan fingerprint density at radius 1 is 1.23 bits per heavy atom. The van der Waals surface area contributed by atoms with Crippen molar-refractivity contribution in [2.75, 3.05) is 0 Å². The van der Waals surface area contributed by atoms with Crippen LogP contribution in [0.25, 0.3) is 0 Å². The maximum Gasteiger partial charge on any atom is 0.282 e. The third-order valence-electron chi connectivity index (χ3n) is 1.78. The van der Waals surface area contributed by atoms with Gasteiger partial charge >= 0.3 is 0 Å². The molecule has 0 saturated carbocycles. The molecule has 1 aromatic rings. The molecular weight excluding hydrogens is 216 g/mol. The Hall–Kier alpha value is -0.800. The first kappa shape index (κ1) is 12.2. The predicted molar refractivity (Wildman–Crippen MR) is 51.9 cm³/mol. The SMILES string of the molecule is Cl.Cl.O=C1c2ccccc2CN1F. The lowest BCUT2D eigenvalue weighted by Crippen LogP contribution is -2.12. The molecule has 72 valence electrons. The summed E-state index contributed by atoms with van der Waals surface area (Å²) in [4.78, 5) is 10.9. The van der Waals surface area contributed by atoms with Crippen LogP contribution in [0.3, 0.4) is 0 Å². The van der Waals surface area contributed by atoms with E-state index in [2.05, 4.69) is 0 Å². The first-order valence-electron chi connectivity index (χ1n) is 3.34. The van der Waals surface area contributed by atoms with E-state index in [0.29, 0.717) is 5.56 Å². The van der Waals surface area contributed by atoms with Crippen LogP contribution in [0.15, 0.2) is 24.3 Å². The smallest absolute Gasteiger partial charge is 0.266 e. The number of nitrogens with zero attached hydrogens (tertiary/aromatic N) is 1. The largest absolute Gasteiger partial charge is 0.282 e. The van der Waals surface area contributed by atoms with Gasteiger partial charge in [0.25, 0.3) is 5.91 Å². The van der Waals surface area contributed by atoms with Gasteiger partial charge < -0.3 is 0 Å². The first-order valence-corrected chi connectivity index (χ1v) is 3.34. The number of carbonyl (C=O) groups excluding carboxylic acids is 1. The van der Waals surface area contributed by atoms with Crippen LogP contribution in [0.5, 0.6) is 0 Å². The van der Waals surface area contributed by atoms with Crippen molar-refractivity contribution in [3.8, 4) is 0 Å². The van der Waals surface area contributed by atoms with E-state index in [1.807, 2.05) is 0 Å². The van der Waals surface area contributed by atoms with Gasteiger partial charge in [-0.15, -0.1) is 24.8 Å². The summed E-state index contributed by atoms with van der Waals surface area (Å²) in [7, 11) is 0. The molecule has 0 N–H and O–H groups in total. The number of rotatable bonds is 0. The van der Waals surface area contributed by atoms with Gasteiger partial charge in [-0.3, -0.25) is 4.79 Å². The molecule has 0 spiro atoms. The standard InChI is InChI=1S/C8H6FNO.2ClH/c9-10-5-6-3-1-2-4-7(6)8(10)11;;/h1-4H,5H2;2*1H. The van der Waals surface area contributed by atoms with Gasteiger partial charge in [0.05, 0.1) is 6.54 Å². The summed E-state index contributed by atoms with van der Waals surface area (Å²) in [5, 5.41) is 0.227. The van der Waals surface area contributed by atoms with E-state index in [1.165, 1.54) is 0 Å². The molecule has 0 radical (unpaired) electrons. The molecule has 1 amide bonds. The minimum atomic E-state index is -0.527. The van der Waals surface area contributed by atoms with Gasteiger partial charge in [-0.25, -0.2) is 0 Å². The topological polar surface area (TPSA) is 20.3 Å². The van der Waals surface area contributed by atoms with Crippen molar-refractivity contribution in [2.24, 2.45) is 0 Å². The summed E-state index contributed by atoms with van der Waals surface area (Å²) in [5.41, 5.74) is 1.25. The lowest BCUT2D eigenvalue weighted by molar-refractivity contribution is 0.0220. The molecular formula is C8H8Cl2FNO. The second kappa shape index (κ2) is 4.44. The summed E-state index contributed by atoms with van der Waals surface area (Å²) in [5.74, 6) is -0.527. The number of benzene rings is 1. The second-order valence-corrected chi connectivity index (χ2v) is 2.48. The van der Waals surface area contributed by atoms with Gasteiger partial charge in [0.15, 0.2) is 0 Å². The van der Waals surface area contributed by atoms with Crippen LogP contribution in [0.1, 0.15) is 15.9 Å². The van der Waals surface area contributed by atoms with Crippen LogP contribution < -0.4 is 0 Å². The number of amides is 1. The van der Waals surface area contributed by atoms with E-state index in [-0.39, 0.29) is 36.5 Å². The molecule has 0 unspecified atom stereocenters. The summed E-state index contributed by atoms with van der Waals surface area (Å²) in [6.07, 6.45) is 0. The Labute approximate surface area is 87.5 Å². The fourth-order valence-electron chi connectivity index (χ4n) is 1.22. The van der Waals surface area contributed by atoms with Crippen molar-refractivity contribution < 1.29 is 9.28 Å². The average Bonchev–Trinajstić information content (AvgIpc) is 2.30. The fourth-order valence-corrected chi connectivity index (χ4v) is 1.22. The Bertz CT molecular complexity index is 319. The number of fused-ring (bicyclic) bond motifs is 1. The van der Waals surface area contributed by atoms with E-state index in [1.54, 1.807) is 24.3 Å². The van der Waals surface area contributed by atoms with Crippen LogP contribution in [0.4, 0.5) is 4.48 Å². The molecule has 0 fully saturated rings. The Balaban J connectivity index is 0.000000720. The molecule has 0 aromatic heterocycles. The summed E-state index contributed by atoms with van der Waals surface area (Å²) < 4.78 is 12.6. The second-order valence-electron chi connectivity index (χ2n) is 2.48. The molecule has 13 heavy (non-hydrogen) atoms. The quantitative estimate of drug-likeness (QED) is 0.619. The molecule has 2 nitrogen and oxygen atoms in total. The minimum absolute atomic E-state index is 0. The van der Waals surface area contributed by atoms with Gasteiger partial charge in [0.2, 0.25) is 0 Å². The maximum absolute atomic E-state index is 12.6. The molecule has 1 aliphatic heterocycles. The Morgan fingerprint density at radius 2 is 1.85 bits per heavy atom. The molecule has 0 atom stereocenters. The van der Waals surface area contributed by atoms with E-state index >= 15 is 0 Å². The zero-order valence-corrected chi connectivity index (χ0v) is 8.20. The Kier molecular flexibility index (Phi) is 4.17. The summed E-state index contributed by atoms with van der Waals surface area (Å²) in [6, 6.07) is 6.92. The highest BCUT2D eigenvalue weighted by atomic mass is 35.5. The van der Waals surface area contributed by atoms with Gasteiger partial charge in [-0.1, -0.05) is 22.7 Å². The molecule has 2 rings (SSSR count). The third-order valence-corrected chi connectivity index (χ3v) is 1.78. The maximum atomic E-state index is 12.6. The first-order chi connectivity index (χ1) is 5.29. The number of halogens is 3. The van der Waals surface area contributed by atoms with Crippen LogP contribution in [-0.4, -0.2) is 11.0 Å². The minimum Gasteiger partial charge on any atom is -0.266 e. The molecule has 0 aliphatic carbocycles. The molecule has 1 aliphatic rings. The molecule has 0 bridgehead atoms. The summed E-state index contributed by atoms with van der Waals surface area (Å²) in [6.45, 7) is 0.0923. The molecule has 5 heteroatoms. The zero-order valence-electron chi connectivity index (χ0n) is 6.57. The molecule has 0 saturated heterocycles. The van der Waals surface area contributed by atoms with Gasteiger partial charge in [0, 0.05) is 5.56 Å². The number of hydrogen-bond donors (Lipinski definition) is 0. The van der Waals surface area contributed by atoms with Crippen molar-refractivity contribution in [1.29, 1.82) is 0 Å². The highest BCUT2D eigenvalue weighted by Crippen LogP contribution is 2.21. The van der Waals surface area contributed by atoms with Crippen molar-refractivity contribution in [3.05, 3.63) is 35.4 Å². The van der Waals surface area contributed by atoms with E-state index in [4.69, 9.17) is 0 Å². The van der Waals surface area contributed by atoms with Crippen molar-refractivity contribution in [3.63, 3.8) is 0 Å². The average molecular weight is 224 g/mol.